The number of carbonyl (C=O) groups is 1. The number of methoxy groups -OCH3 is 1. The molecular weight excluding hydrogens is 380 g/mol. The van der Waals surface area contributed by atoms with E-state index < -0.39 is 15.4 Å². The number of ether oxygens (including phenoxy) is 2. The number of nitrogens with one attached hydrogen (secondary N) is 1. The molecular formula is C20H24N2O5S. The van der Waals surface area contributed by atoms with E-state index in [2.05, 4.69) is 4.72 Å². The van der Waals surface area contributed by atoms with E-state index in [4.69, 9.17) is 9.47 Å². The van der Waals surface area contributed by atoms with Gasteiger partial charge in [0.25, 0.3) is 0 Å². The van der Waals surface area contributed by atoms with Gasteiger partial charge in [-0.2, -0.15) is 0 Å². The molecule has 3 rings (SSSR count). The minimum atomic E-state index is -3.63. The summed E-state index contributed by atoms with van der Waals surface area (Å²) in [7, 11) is -0.418. The van der Waals surface area contributed by atoms with E-state index in [0.717, 1.165) is 0 Å². The number of hydrogen-bond donors (Lipinski definition) is 1. The van der Waals surface area contributed by atoms with E-state index in [0.29, 0.717) is 28.4 Å². The monoisotopic (exact) mass is 404 g/mol. The molecule has 1 N–H and O–H groups in total. The lowest BCUT2D eigenvalue weighted by Gasteiger charge is -2.24. The highest BCUT2D eigenvalue weighted by Gasteiger charge is 2.36. The standard InChI is InChI=1S/C20H24N2O5S/c1-20(2)13-27-18-10-7-15(11-17(18)22(3)19(20)23)21-28(24,25)12-14-5-8-16(26-4)9-6-14/h5-11,21H,12-13H2,1-4H3. The van der Waals surface area contributed by atoms with Gasteiger partial charge in [0.1, 0.15) is 18.1 Å². The normalized spacial score (nSPS) is 16.0. The Kier molecular flexibility index (Phi) is 5.25. The lowest BCUT2D eigenvalue weighted by Crippen LogP contribution is -2.39. The van der Waals surface area contributed by atoms with Gasteiger partial charge in [-0.3, -0.25) is 9.52 Å². The number of hydrogen-bond acceptors (Lipinski definition) is 5. The summed E-state index contributed by atoms with van der Waals surface area (Å²) in [5, 5.41) is 0. The summed E-state index contributed by atoms with van der Waals surface area (Å²) < 4.78 is 38.5. The van der Waals surface area contributed by atoms with Crippen LogP contribution < -0.4 is 19.1 Å². The third-order valence-electron chi connectivity index (χ3n) is 4.58. The predicted octanol–water partition coefficient (Wildman–Crippen LogP) is 3.02. The first-order valence-electron chi connectivity index (χ1n) is 8.80. The highest BCUT2D eigenvalue weighted by Crippen LogP contribution is 2.37. The molecule has 1 aliphatic rings. The van der Waals surface area contributed by atoms with Crippen LogP contribution in [0.1, 0.15) is 19.4 Å². The second kappa shape index (κ2) is 7.35. The van der Waals surface area contributed by atoms with Gasteiger partial charge in [0.15, 0.2) is 0 Å². The smallest absolute Gasteiger partial charge is 0.236 e. The van der Waals surface area contributed by atoms with Crippen molar-refractivity contribution < 1.29 is 22.7 Å². The second-order valence-electron chi connectivity index (χ2n) is 7.43. The molecule has 0 atom stereocenters. The summed E-state index contributed by atoms with van der Waals surface area (Å²) in [6.45, 7) is 3.89. The van der Waals surface area contributed by atoms with E-state index >= 15 is 0 Å². The zero-order valence-electron chi connectivity index (χ0n) is 16.4. The van der Waals surface area contributed by atoms with Crippen molar-refractivity contribution in [3.05, 3.63) is 48.0 Å². The van der Waals surface area contributed by atoms with E-state index in [-0.39, 0.29) is 18.3 Å². The van der Waals surface area contributed by atoms with Gasteiger partial charge in [-0.15, -0.1) is 0 Å². The fraction of sp³-hybridized carbons (Fsp3) is 0.350. The SMILES string of the molecule is COc1ccc(CS(=O)(=O)Nc2ccc3c(c2)N(C)C(=O)C(C)(C)CO3)cc1. The lowest BCUT2D eigenvalue weighted by atomic mass is 9.93. The van der Waals surface area contributed by atoms with E-state index in [1.165, 1.54) is 4.90 Å². The van der Waals surface area contributed by atoms with Gasteiger partial charge < -0.3 is 14.4 Å². The van der Waals surface area contributed by atoms with E-state index in [1.54, 1.807) is 56.6 Å². The molecule has 0 fully saturated rings. The maximum Gasteiger partial charge on any atom is 0.236 e. The van der Waals surface area contributed by atoms with E-state index in [9.17, 15) is 13.2 Å². The topological polar surface area (TPSA) is 84.9 Å². The molecule has 0 radical (unpaired) electrons. The molecule has 2 aromatic carbocycles. The molecule has 8 heteroatoms. The van der Waals surface area contributed by atoms with Crippen molar-refractivity contribution in [1.82, 2.24) is 0 Å². The van der Waals surface area contributed by atoms with E-state index in [1.807, 2.05) is 13.8 Å². The summed E-state index contributed by atoms with van der Waals surface area (Å²) >= 11 is 0. The van der Waals surface area contributed by atoms with Crippen molar-refractivity contribution in [2.24, 2.45) is 5.41 Å². The Morgan fingerprint density at radius 3 is 2.50 bits per heavy atom. The molecule has 0 spiro atoms. The number of rotatable bonds is 5. The first kappa shape index (κ1) is 20.0. The summed E-state index contributed by atoms with van der Waals surface area (Å²) in [6.07, 6.45) is 0. The van der Waals surface area contributed by atoms with Crippen LogP contribution in [0.15, 0.2) is 42.5 Å². The summed E-state index contributed by atoms with van der Waals surface area (Å²) in [5.41, 5.74) is 0.873. The largest absolute Gasteiger partial charge is 0.497 e. The zero-order chi connectivity index (χ0) is 20.5. The van der Waals surface area contributed by atoms with Crippen molar-refractivity contribution in [3.8, 4) is 11.5 Å². The summed E-state index contributed by atoms with van der Waals surface area (Å²) in [4.78, 5) is 14.1. The predicted molar refractivity (Wildman–Crippen MR) is 108 cm³/mol. The summed E-state index contributed by atoms with van der Waals surface area (Å²) in [5.74, 6) is 0.936. The van der Waals surface area contributed by atoms with Crippen molar-refractivity contribution in [2.75, 3.05) is 30.4 Å². The minimum absolute atomic E-state index is 0.0931. The number of sulfonamides is 1. The fourth-order valence-electron chi connectivity index (χ4n) is 3.01. The first-order chi connectivity index (χ1) is 13.1. The van der Waals surface area contributed by atoms with Crippen molar-refractivity contribution >= 4 is 27.3 Å². The first-order valence-corrected chi connectivity index (χ1v) is 10.4. The van der Waals surface area contributed by atoms with Crippen LogP contribution in [-0.2, 0) is 20.6 Å². The molecule has 2 aromatic rings. The van der Waals surface area contributed by atoms with Crippen molar-refractivity contribution in [1.29, 1.82) is 0 Å². The molecule has 150 valence electrons. The third kappa shape index (κ3) is 4.22. The maximum absolute atomic E-state index is 12.6. The number of nitrogens with zero attached hydrogens (tertiary/aromatic N) is 1. The van der Waals surface area contributed by atoms with Crippen molar-refractivity contribution in [2.45, 2.75) is 19.6 Å². The summed E-state index contributed by atoms with van der Waals surface area (Å²) in [6, 6.07) is 11.8. The Labute approximate surface area is 165 Å². The quantitative estimate of drug-likeness (QED) is 0.828. The van der Waals surface area contributed by atoms with Gasteiger partial charge in [0.2, 0.25) is 15.9 Å². The number of amides is 1. The van der Waals surface area contributed by atoms with Gasteiger partial charge in [0.05, 0.1) is 29.7 Å². The molecule has 1 aliphatic heterocycles. The number of fused-ring (bicyclic) bond motifs is 1. The van der Waals surface area contributed by atoms with Crippen molar-refractivity contribution in [3.63, 3.8) is 0 Å². The molecule has 0 bridgehead atoms. The molecule has 28 heavy (non-hydrogen) atoms. The number of anilines is 2. The van der Waals surface area contributed by atoms with Crippen LogP contribution >= 0.6 is 0 Å². The highest BCUT2D eigenvalue weighted by molar-refractivity contribution is 7.91. The molecule has 1 heterocycles. The number of carbonyl (C=O) groups excluding carboxylic acids is 1. The van der Waals surface area contributed by atoms with Gasteiger partial charge in [-0.05, 0) is 49.7 Å². The Hall–Kier alpha value is -2.74. The molecule has 0 unspecified atom stereocenters. The third-order valence-corrected chi connectivity index (χ3v) is 5.84. The molecule has 0 aliphatic carbocycles. The van der Waals surface area contributed by atoms with Crippen LogP contribution in [0.4, 0.5) is 11.4 Å². The maximum atomic E-state index is 12.6. The average molecular weight is 404 g/mol. The van der Waals surface area contributed by atoms with Crippen LogP contribution in [0, 0.1) is 5.41 Å². The van der Waals surface area contributed by atoms with Crippen LogP contribution in [0.25, 0.3) is 0 Å². The Morgan fingerprint density at radius 2 is 1.86 bits per heavy atom. The van der Waals surface area contributed by atoms with Crippen LogP contribution in [0.3, 0.4) is 0 Å². The van der Waals surface area contributed by atoms with Crippen LogP contribution in [-0.4, -0.2) is 35.1 Å². The molecule has 0 saturated heterocycles. The lowest BCUT2D eigenvalue weighted by molar-refractivity contribution is -0.127. The molecule has 1 amide bonds. The molecule has 0 aromatic heterocycles. The minimum Gasteiger partial charge on any atom is -0.497 e. The zero-order valence-corrected chi connectivity index (χ0v) is 17.2. The number of benzene rings is 2. The molecule has 7 nitrogen and oxygen atoms in total. The van der Waals surface area contributed by atoms with Crippen LogP contribution in [0.2, 0.25) is 0 Å². The Balaban J connectivity index is 1.81. The van der Waals surface area contributed by atoms with Gasteiger partial charge >= 0.3 is 0 Å². The van der Waals surface area contributed by atoms with Gasteiger partial charge in [-0.1, -0.05) is 12.1 Å². The highest BCUT2D eigenvalue weighted by atomic mass is 32.2. The Morgan fingerprint density at radius 1 is 1.18 bits per heavy atom. The van der Waals surface area contributed by atoms with Gasteiger partial charge in [0, 0.05) is 7.05 Å². The second-order valence-corrected chi connectivity index (χ2v) is 9.15. The average Bonchev–Trinajstić information content (AvgIpc) is 2.72. The molecule has 0 saturated carbocycles. The fourth-order valence-corrected chi connectivity index (χ4v) is 4.19. The van der Waals surface area contributed by atoms with Gasteiger partial charge in [-0.25, -0.2) is 8.42 Å². The Bertz CT molecular complexity index is 984. The van der Waals surface area contributed by atoms with Crippen LogP contribution in [0.5, 0.6) is 11.5 Å².